The molecular formula is C16H11ClN2O5S2. The highest BCUT2D eigenvalue weighted by Crippen LogP contribution is 2.52. The van der Waals surface area contributed by atoms with Gasteiger partial charge in [-0.25, -0.2) is 0 Å². The molecule has 3 heterocycles. The van der Waals surface area contributed by atoms with Crippen molar-refractivity contribution >= 4 is 52.5 Å². The highest BCUT2D eigenvalue weighted by Gasteiger charge is 2.56. The van der Waals surface area contributed by atoms with Crippen molar-refractivity contribution in [3.63, 3.8) is 0 Å². The van der Waals surface area contributed by atoms with Gasteiger partial charge in [0.05, 0.1) is 10.9 Å². The number of aliphatic carboxylic acids is 1. The fraction of sp³-hybridized carbons (Fsp3) is 0.250. The van der Waals surface area contributed by atoms with Gasteiger partial charge >= 0.3 is 10.8 Å². The summed E-state index contributed by atoms with van der Waals surface area (Å²) in [6.07, 6.45) is 0. The zero-order chi connectivity index (χ0) is 18.6. The van der Waals surface area contributed by atoms with Gasteiger partial charge in [-0.05, 0) is 17.7 Å². The number of thioether (sulfide) groups is 1. The molecule has 26 heavy (non-hydrogen) atoms. The van der Waals surface area contributed by atoms with Crippen LogP contribution in [-0.2, 0) is 14.4 Å². The number of amides is 2. The Morgan fingerprint density at radius 2 is 1.88 bits per heavy atom. The maximum Gasteiger partial charge on any atom is 0.323 e. The number of thiazole rings is 1. The lowest BCUT2D eigenvalue weighted by molar-refractivity contribution is -0.149. The molecule has 0 spiro atoms. The number of nitrogens with zero attached hydrogens (tertiary/aromatic N) is 1. The highest BCUT2D eigenvalue weighted by atomic mass is 35.5. The molecule has 1 aromatic carbocycles. The fourth-order valence-electron chi connectivity index (χ4n) is 3.39. The van der Waals surface area contributed by atoms with Gasteiger partial charge in [-0.3, -0.25) is 24.1 Å². The molecule has 1 aromatic heterocycles. The number of halogens is 1. The predicted octanol–water partition coefficient (Wildman–Crippen LogP) is 1.77. The topological polar surface area (TPSA) is 108 Å². The molecule has 3 atom stereocenters. The van der Waals surface area contributed by atoms with E-state index in [1.54, 1.807) is 24.3 Å². The van der Waals surface area contributed by atoms with Crippen LogP contribution < -0.4 is 4.87 Å². The number of H-pyrrole nitrogens is 1. The minimum Gasteiger partial charge on any atom is -0.480 e. The van der Waals surface area contributed by atoms with Gasteiger partial charge in [0.15, 0.2) is 0 Å². The number of carbonyl (C=O) groups is 3. The molecule has 0 aliphatic carbocycles. The number of likely N-dealkylation sites (tertiary alicyclic amines) is 1. The van der Waals surface area contributed by atoms with Crippen molar-refractivity contribution in [3.05, 3.63) is 49.4 Å². The molecule has 0 unspecified atom stereocenters. The first-order valence-corrected chi connectivity index (χ1v) is 9.66. The molecule has 1 saturated heterocycles. The quantitative estimate of drug-likeness (QED) is 0.746. The fourth-order valence-corrected chi connectivity index (χ4v) is 6.06. The summed E-state index contributed by atoms with van der Waals surface area (Å²) in [7, 11) is 0. The summed E-state index contributed by atoms with van der Waals surface area (Å²) in [5.41, 5.74) is 0.750. The molecule has 2 aliphatic heterocycles. The number of carbonyl (C=O) groups excluding carboxylic acids is 2. The van der Waals surface area contributed by atoms with E-state index in [1.807, 2.05) is 0 Å². The summed E-state index contributed by atoms with van der Waals surface area (Å²) in [6.45, 7) is -0.664. The molecule has 2 aromatic rings. The minimum atomic E-state index is -1.25. The summed E-state index contributed by atoms with van der Waals surface area (Å²) in [4.78, 5) is 52.3. The lowest BCUT2D eigenvalue weighted by Gasteiger charge is -2.29. The van der Waals surface area contributed by atoms with E-state index >= 15 is 0 Å². The van der Waals surface area contributed by atoms with Crippen LogP contribution in [0, 0.1) is 5.92 Å². The molecule has 1 fully saturated rings. The Morgan fingerprint density at radius 1 is 1.19 bits per heavy atom. The third kappa shape index (κ3) is 2.67. The van der Waals surface area contributed by atoms with Crippen LogP contribution in [0.1, 0.15) is 16.4 Å². The van der Waals surface area contributed by atoms with Crippen molar-refractivity contribution in [1.82, 2.24) is 9.88 Å². The van der Waals surface area contributed by atoms with Gasteiger partial charge in [0.25, 0.3) is 0 Å². The summed E-state index contributed by atoms with van der Waals surface area (Å²) >= 11 is 8.06. The number of hydrogen-bond donors (Lipinski definition) is 2. The van der Waals surface area contributed by atoms with E-state index in [4.69, 9.17) is 16.7 Å². The normalized spacial score (nSPS) is 24.5. The van der Waals surface area contributed by atoms with E-state index in [1.165, 1.54) is 0 Å². The Hall–Kier alpha value is -2.10. The molecule has 4 rings (SSSR count). The zero-order valence-electron chi connectivity index (χ0n) is 13.0. The SMILES string of the molecule is O=C(O)CN1C(=O)[C@@H]2[C@H](c3ccc(Cl)cc3)c3sc(=O)[nH]c3S[C@@H]2C1=O. The van der Waals surface area contributed by atoms with Crippen LogP contribution in [0.2, 0.25) is 5.02 Å². The molecule has 0 saturated carbocycles. The minimum absolute atomic E-state index is 0.260. The van der Waals surface area contributed by atoms with Gasteiger partial charge in [-0.2, -0.15) is 0 Å². The van der Waals surface area contributed by atoms with E-state index in [0.717, 1.165) is 33.6 Å². The number of rotatable bonds is 3. The van der Waals surface area contributed by atoms with Gasteiger partial charge in [-0.15, -0.1) is 0 Å². The van der Waals surface area contributed by atoms with Crippen molar-refractivity contribution in [2.45, 2.75) is 16.2 Å². The average Bonchev–Trinajstić information content (AvgIpc) is 3.06. The molecule has 2 amide bonds. The summed E-state index contributed by atoms with van der Waals surface area (Å²) in [6, 6.07) is 6.87. The lowest BCUT2D eigenvalue weighted by atomic mass is 9.83. The molecule has 0 radical (unpaired) electrons. The van der Waals surface area contributed by atoms with Crippen molar-refractivity contribution in [2.75, 3.05) is 6.54 Å². The Bertz CT molecular complexity index is 983. The molecule has 2 aliphatic rings. The number of hydrogen-bond acceptors (Lipinski definition) is 6. The van der Waals surface area contributed by atoms with Crippen molar-refractivity contribution < 1.29 is 19.5 Å². The van der Waals surface area contributed by atoms with Gasteiger partial charge in [-0.1, -0.05) is 46.8 Å². The number of imide groups is 1. The van der Waals surface area contributed by atoms with Gasteiger partial charge in [0, 0.05) is 15.8 Å². The zero-order valence-corrected chi connectivity index (χ0v) is 15.4. The second kappa shape index (κ2) is 6.26. The predicted molar refractivity (Wildman–Crippen MR) is 95.7 cm³/mol. The van der Waals surface area contributed by atoms with Gasteiger partial charge in [0.2, 0.25) is 11.8 Å². The first-order valence-electron chi connectivity index (χ1n) is 7.59. The Morgan fingerprint density at radius 3 is 2.54 bits per heavy atom. The summed E-state index contributed by atoms with van der Waals surface area (Å²) < 4.78 is 0. The molecule has 10 heteroatoms. The standard InChI is InChI=1S/C16H11ClN2O5S2/c17-7-3-1-6(2-4-7)9-10-12(25-13-11(9)26-16(24)18-13)15(23)19(14(10)22)5-8(20)21/h1-4,9-10,12H,5H2,(H,18,24)(H,20,21)/t9-,10+,12-/m0/s1. The Balaban J connectivity index is 1.85. The number of fused-ring (bicyclic) bond motifs is 2. The number of carboxylic acids is 1. The number of aromatic nitrogens is 1. The number of carboxylic acid groups (broad SMARTS) is 1. The third-order valence-electron chi connectivity index (χ3n) is 4.44. The molecule has 7 nitrogen and oxygen atoms in total. The highest BCUT2D eigenvalue weighted by molar-refractivity contribution is 8.00. The van der Waals surface area contributed by atoms with E-state index in [9.17, 15) is 19.2 Å². The van der Waals surface area contributed by atoms with Crippen LogP contribution in [0.15, 0.2) is 34.1 Å². The van der Waals surface area contributed by atoms with Crippen LogP contribution in [0.25, 0.3) is 0 Å². The maximum atomic E-state index is 12.9. The van der Waals surface area contributed by atoms with Gasteiger partial charge in [0.1, 0.15) is 11.8 Å². The molecular weight excluding hydrogens is 400 g/mol. The Kier molecular flexibility index (Phi) is 4.17. The van der Waals surface area contributed by atoms with Crippen LogP contribution >= 0.6 is 34.7 Å². The third-order valence-corrected chi connectivity index (χ3v) is 7.09. The van der Waals surface area contributed by atoms with Crippen molar-refractivity contribution in [1.29, 1.82) is 0 Å². The average molecular weight is 411 g/mol. The van der Waals surface area contributed by atoms with E-state index < -0.39 is 41.4 Å². The van der Waals surface area contributed by atoms with E-state index in [-0.39, 0.29) is 4.87 Å². The first kappa shape index (κ1) is 17.3. The Labute approximate surface area is 160 Å². The monoisotopic (exact) mass is 410 g/mol. The lowest BCUT2D eigenvalue weighted by Crippen LogP contribution is -2.36. The maximum absolute atomic E-state index is 12.9. The van der Waals surface area contributed by atoms with Crippen LogP contribution in [0.4, 0.5) is 0 Å². The van der Waals surface area contributed by atoms with Crippen LogP contribution in [0.3, 0.4) is 0 Å². The van der Waals surface area contributed by atoms with Crippen molar-refractivity contribution in [3.8, 4) is 0 Å². The first-order chi connectivity index (χ1) is 12.4. The largest absolute Gasteiger partial charge is 0.480 e. The summed E-state index contributed by atoms with van der Waals surface area (Å²) in [5.74, 6) is -3.58. The van der Waals surface area contributed by atoms with Crippen LogP contribution in [-0.4, -0.2) is 44.6 Å². The van der Waals surface area contributed by atoms with Crippen LogP contribution in [0.5, 0.6) is 0 Å². The summed E-state index contributed by atoms with van der Waals surface area (Å²) in [5, 5.41) is 9.33. The van der Waals surface area contributed by atoms with Gasteiger partial charge < -0.3 is 10.1 Å². The van der Waals surface area contributed by atoms with E-state index in [2.05, 4.69) is 4.98 Å². The number of benzene rings is 1. The molecule has 0 bridgehead atoms. The van der Waals surface area contributed by atoms with E-state index in [0.29, 0.717) is 14.9 Å². The molecule has 134 valence electrons. The second-order valence-electron chi connectivity index (χ2n) is 5.96. The smallest absolute Gasteiger partial charge is 0.323 e. The van der Waals surface area contributed by atoms with Crippen molar-refractivity contribution in [2.24, 2.45) is 5.92 Å². The number of nitrogens with one attached hydrogen (secondary N) is 1. The molecule has 2 N–H and O–H groups in total. The second-order valence-corrected chi connectivity index (χ2v) is 8.56. The number of aromatic amines is 1.